The van der Waals surface area contributed by atoms with Gasteiger partial charge in [-0.3, -0.25) is 0 Å². The van der Waals surface area contributed by atoms with Crippen LogP contribution in [-0.2, 0) is 9.53 Å². The summed E-state index contributed by atoms with van der Waals surface area (Å²) in [6, 6.07) is 4.72. The van der Waals surface area contributed by atoms with Gasteiger partial charge in [-0.2, -0.15) is 0 Å². The summed E-state index contributed by atoms with van der Waals surface area (Å²) in [7, 11) is 2.89. The molecule has 1 atom stereocenters. The van der Waals surface area contributed by atoms with E-state index in [1.54, 1.807) is 32.2 Å². The fraction of sp³-hybridized carbons (Fsp3) is 0.286. The summed E-state index contributed by atoms with van der Waals surface area (Å²) in [4.78, 5) is 12.1. The molecule has 0 aromatic heterocycles. The van der Waals surface area contributed by atoms with Gasteiger partial charge in [0.15, 0.2) is 5.11 Å². The number of carbonyl (C=O) groups is 1. The Bertz CT molecular complexity index is 631. The van der Waals surface area contributed by atoms with E-state index in [4.69, 9.17) is 33.3 Å². The fourth-order valence-corrected chi connectivity index (χ4v) is 2.69. The van der Waals surface area contributed by atoms with Gasteiger partial charge in [0.05, 0.1) is 25.8 Å². The number of hydrogen-bond acceptors (Lipinski definition) is 4. The number of esters is 1. The molecule has 0 fully saturated rings. The number of hydrogen-bond donors (Lipinski definition) is 2. The van der Waals surface area contributed by atoms with Crippen molar-refractivity contribution in [3.8, 4) is 5.75 Å². The third-order valence-electron chi connectivity index (χ3n) is 3.18. The van der Waals surface area contributed by atoms with Crippen molar-refractivity contribution in [1.29, 1.82) is 0 Å². The third-order valence-corrected chi connectivity index (χ3v) is 3.63. The topological polar surface area (TPSA) is 59.6 Å². The van der Waals surface area contributed by atoms with E-state index in [0.29, 0.717) is 32.7 Å². The lowest BCUT2D eigenvalue weighted by Gasteiger charge is -2.30. The molecule has 0 saturated heterocycles. The number of carbonyl (C=O) groups excluding carboxylic acids is 1. The van der Waals surface area contributed by atoms with Crippen molar-refractivity contribution in [2.24, 2.45) is 0 Å². The zero-order chi connectivity index (χ0) is 15.6. The van der Waals surface area contributed by atoms with E-state index < -0.39 is 12.0 Å². The predicted octanol–water partition coefficient (Wildman–Crippen LogP) is 2.31. The van der Waals surface area contributed by atoms with Gasteiger partial charge in [0.25, 0.3) is 0 Å². The van der Waals surface area contributed by atoms with Gasteiger partial charge < -0.3 is 20.1 Å². The van der Waals surface area contributed by atoms with Gasteiger partial charge in [-0.15, -0.1) is 0 Å². The number of methoxy groups -OCH3 is 2. The van der Waals surface area contributed by atoms with Crippen molar-refractivity contribution in [2.45, 2.75) is 13.0 Å². The van der Waals surface area contributed by atoms with Crippen molar-refractivity contribution < 1.29 is 14.3 Å². The molecule has 0 aliphatic carbocycles. The first-order valence-electron chi connectivity index (χ1n) is 6.18. The maximum absolute atomic E-state index is 12.1. The largest absolute Gasteiger partial charge is 0.496 e. The Balaban J connectivity index is 2.59. The second-order valence-electron chi connectivity index (χ2n) is 4.45. The van der Waals surface area contributed by atoms with Crippen LogP contribution in [0.4, 0.5) is 0 Å². The quantitative estimate of drug-likeness (QED) is 0.656. The van der Waals surface area contributed by atoms with Crippen LogP contribution in [-0.4, -0.2) is 25.3 Å². The van der Waals surface area contributed by atoms with Crippen LogP contribution in [0, 0.1) is 0 Å². The van der Waals surface area contributed by atoms with Gasteiger partial charge in [0.2, 0.25) is 0 Å². The average molecular weight is 327 g/mol. The van der Waals surface area contributed by atoms with Crippen LogP contribution in [0.3, 0.4) is 0 Å². The number of allylic oxidation sites excluding steroid dienone is 1. The predicted molar refractivity (Wildman–Crippen MR) is 84.3 cm³/mol. The molecule has 0 amide bonds. The van der Waals surface area contributed by atoms with E-state index >= 15 is 0 Å². The Hall–Kier alpha value is -1.79. The molecule has 112 valence electrons. The zero-order valence-electron chi connectivity index (χ0n) is 11.8. The molecular formula is C14H15ClN2O3S. The number of benzene rings is 1. The summed E-state index contributed by atoms with van der Waals surface area (Å²) in [6.07, 6.45) is 0. The fourth-order valence-electron chi connectivity index (χ4n) is 2.24. The van der Waals surface area contributed by atoms with Gasteiger partial charge >= 0.3 is 5.97 Å². The van der Waals surface area contributed by atoms with Crippen LogP contribution in [0.2, 0.25) is 5.02 Å². The molecule has 2 rings (SSSR count). The maximum atomic E-state index is 12.1. The summed E-state index contributed by atoms with van der Waals surface area (Å²) >= 11 is 11.2. The van der Waals surface area contributed by atoms with Crippen molar-refractivity contribution in [3.63, 3.8) is 0 Å². The number of thiocarbonyl (C=S) groups is 1. The van der Waals surface area contributed by atoms with Crippen molar-refractivity contribution >= 4 is 34.9 Å². The van der Waals surface area contributed by atoms with Gasteiger partial charge in [-0.25, -0.2) is 4.79 Å². The highest BCUT2D eigenvalue weighted by molar-refractivity contribution is 7.80. The molecule has 1 aromatic carbocycles. The Morgan fingerprint density at radius 2 is 2.10 bits per heavy atom. The van der Waals surface area contributed by atoms with Crippen molar-refractivity contribution in [2.75, 3.05) is 14.2 Å². The second-order valence-corrected chi connectivity index (χ2v) is 5.29. The minimum absolute atomic E-state index is 0.423. The number of rotatable bonds is 3. The first-order valence-corrected chi connectivity index (χ1v) is 6.96. The monoisotopic (exact) mass is 326 g/mol. The molecule has 0 saturated carbocycles. The van der Waals surface area contributed by atoms with Crippen molar-refractivity contribution in [3.05, 3.63) is 40.1 Å². The minimum atomic E-state index is -0.486. The Kier molecular flexibility index (Phi) is 4.69. The molecule has 21 heavy (non-hydrogen) atoms. The van der Waals surface area contributed by atoms with E-state index in [-0.39, 0.29) is 0 Å². The Labute approximate surface area is 133 Å². The molecule has 0 bridgehead atoms. The van der Waals surface area contributed by atoms with Crippen LogP contribution in [0.15, 0.2) is 29.5 Å². The summed E-state index contributed by atoms with van der Waals surface area (Å²) in [5.74, 6) is 0.165. The lowest BCUT2D eigenvalue weighted by atomic mass is 9.95. The standard InChI is InChI=1S/C14H15ClN2O3S/c1-7-11(13(18)20-3)12(17-14(21)16-7)9-6-8(15)4-5-10(9)19-2/h4-6,12H,1-3H3,(H2,16,17,21)/t12-/m0/s1. The molecule has 7 heteroatoms. The highest BCUT2D eigenvalue weighted by Crippen LogP contribution is 2.35. The minimum Gasteiger partial charge on any atom is -0.496 e. The molecular weight excluding hydrogens is 312 g/mol. The first kappa shape index (κ1) is 15.6. The maximum Gasteiger partial charge on any atom is 0.337 e. The van der Waals surface area contributed by atoms with Gasteiger partial charge in [-0.05, 0) is 37.3 Å². The molecule has 5 nitrogen and oxygen atoms in total. The Morgan fingerprint density at radius 3 is 2.71 bits per heavy atom. The second kappa shape index (κ2) is 6.32. The molecule has 2 N–H and O–H groups in total. The van der Waals surface area contributed by atoms with E-state index in [2.05, 4.69) is 10.6 Å². The molecule has 0 unspecified atom stereocenters. The third kappa shape index (κ3) is 3.11. The van der Waals surface area contributed by atoms with Crippen LogP contribution in [0.5, 0.6) is 5.75 Å². The molecule has 0 radical (unpaired) electrons. The van der Waals surface area contributed by atoms with Crippen LogP contribution < -0.4 is 15.4 Å². The van der Waals surface area contributed by atoms with E-state index in [0.717, 1.165) is 0 Å². The molecule has 1 aliphatic rings. The summed E-state index contributed by atoms with van der Waals surface area (Å²) in [5, 5.41) is 6.94. The van der Waals surface area contributed by atoms with Gasteiger partial charge in [-0.1, -0.05) is 11.6 Å². The van der Waals surface area contributed by atoms with Crippen molar-refractivity contribution in [1.82, 2.24) is 10.6 Å². The van der Waals surface area contributed by atoms with Crippen LogP contribution in [0.25, 0.3) is 0 Å². The highest BCUT2D eigenvalue weighted by atomic mass is 35.5. The lowest BCUT2D eigenvalue weighted by Crippen LogP contribution is -2.45. The SMILES string of the molecule is COC(=O)C1=C(C)NC(=S)N[C@H]1c1cc(Cl)ccc1OC. The van der Waals surface area contributed by atoms with E-state index in [9.17, 15) is 4.79 Å². The average Bonchev–Trinajstić information content (AvgIpc) is 2.45. The van der Waals surface area contributed by atoms with Gasteiger partial charge in [0, 0.05) is 16.3 Å². The van der Waals surface area contributed by atoms with E-state index in [1.807, 2.05) is 0 Å². The summed E-state index contributed by atoms with van der Waals surface area (Å²) < 4.78 is 10.2. The van der Waals surface area contributed by atoms with Crippen LogP contribution in [0.1, 0.15) is 18.5 Å². The normalized spacial score (nSPS) is 17.9. The lowest BCUT2D eigenvalue weighted by molar-refractivity contribution is -0.136. The number of ether oxygens (including phenoxy) is 2. The molecule has 1 aliphatic heterocycles. The summed E-state index contributed by atoms with van der Waals surface area (Å²) in [5.41, 5.74) is 1.79. The molecule has 0 spiro atoms. The number of nitrogens with one attached hydrogen (secondary N) is 2. The van der Waals surface area contributed by atoms with Crippen LogP contribution >= 0.6 is 23.8 Å². The molecule has 1 aromatic rings. The smallest absolute Gasteiger partial charge is 0.337 e. The first-order chi connectivity index (χ1) is 9.97. The molecule has 1 heterocycles. The number of halogens is 1. The van der Waals surface area contributed by atoms with Gasteiger partial charge in [0.1, 0.15) is 5.75 Å². The zero-order valence-corrected chi connectivity index (χ0v) is 13.4. The Morgan fingerprint density at radius 1 is 1.38 bits per heavy atom. The summed E-state index contributed by atoms with van der Waals surface area (Å²) in [6.45, 7) is 1.77. The van der Waals surface area contributed by atoms with E-state index in [1.165, 1.54) is 7.11 Å². The highest BCUT2D eigenvalue weighted by Gasteiger charge is 2.32.